The number of hydrogen-bond acceptors (Lipinski definition) is 3. The molecule has 0 aliphatic rings. The molecule has 0 spiro atoms. The Labute approximate surface area is 89.8 Å². The highest BCUT2D eigenvalue weighted by Gasteiger charge is 2.11. The molecule has 0 heterocycles. The zero-order chi connectivity index (χ0) is 11.3. The van der Waals surface area contributed by atoms with Crippen molar-refractivity contribution in [1.82, 2.24) is 0 Å². The average Bonchev–Trinajstić information content (AvgIpc) is 2.17. The summed E-state index contributed by atoms with van der Waals surface area (Å²) >= 11 is 0. The molecule has 0 aromatic heterocycles. The highest BCUT2D eigenvalue weighted by atomic mass is 32.2. The third-order valence-corrected chi connectivity index (χ3v) is 2.76. The Balaban J connectivity index is 2.99. The van der Waals surface area contributed by atoms with Crippen LogP contribution in [0.1, 0.15) is 5.56 Å². The molecule has 0 saturated heterocycles. The lowest BCUT2D eigenvalue weighted by Gasteiger charge is -2.07. The van der Waals surface area contributed by atoms with Crippen LogP contribution >= 0.6 is 0 Å². The van der Waals surface area contributed by atoms with E-state index < -0.39 is 10.1 Å². The number of para-hydroxylation sites is 1. The molecule has 1 aromatic carbocycles. The first-order chi connectivity index (χ1) is 7.09. The maximum Gasteiger partial charge on any atom is 0.312 e. The molecule has 0 aliphatic carbocycles. The zero-order valence-corrected chi connectivity index (χ0v) is 9.03. The summed E-state index contributed by atoms with van der Waals surface area (Å²) in [6.07, 6.45) is 2.82. The minimum Gasteiger partial charge on any atom is -0.382 e. The number of benzene rings is 1. The van der Waals surface area contributed by atoms with Gasteiger partial charge in [-0.3, -0.25) is 0 Å². The van der Waals surface area contributed by atoms with Crippen LogP contribution in [0.3, 0.4) is 0 Å². The van der Waals surface area contributed by atoms with Crippen LogP contribution in [-0.2, 0) is 10.1 Å². The summed E-state index contributed by atoms with van der Waals surface area (Å²) in [5.74, 6) is 0.0766. The first-order valence-electron chi connectivity index (χ1n) is 4.33. The minimum absolute atomic E-state index is 0.210. The van der Waals surface area contributed by atoms with E-state index >= 15 is 0 Å². The molecule has 0 unspecified atom stereocenters. The average molecular weight is 224 g/mol. The number of rotatable bonds is 5. The van der Waals surface area contributed by atoms with Gasteiger partial charge >= 0.3 is 10.1 Å². The monoisotopic (exact) mass is 224 g/mol. The van der Waals surface area contributed by atoms with Crippen molar-refractivity contribution < 1.29 is 12.6 Å². The summed E-state index contributed by atoms with van der Waals surface area (Å²) in [7, 11) is -3.58. The molecule has 1 aromatic rings. The lowest BCUT2D eigenvalue weighted by Crippen LogP contribution is -2.12. The van der Waals surface area contributed by atoms with Crippen molar-refractivity contribution >= 4 is 16.2 Å². The highest BCUT2D eigenvalue weighted by Crippen LogP contribution is 2.20. The van der Waals surface area contributed by atoms with E-state index in [0.717, 1.165) is 0 Å². The Morgan fingerprint density at radius 1 is 1.27 bits per heavy atom. The molecule has 0 aliphatic heterocycles. The van der Waals surface area contributed by atoms with Gasteiger partial charge in [0.05, 0.1) is 0 Å². The second-order valence-corrected chi connectivity index (χ2v) is 4.45. The second-order valence-electron chi connectivity index (χ2n) is 2.84. The highest BCUT2D eigenvalue weighted by molar-refractivity contribution is 7.87. The lowest BCUT2D eigenvalue weighted by molar-refractivity contribution is 0.489. The molecular formula is C11H12O3S. The van der Waals surface area contributed by atoms with E-state index in [4.69, 9.17) is 4.18 Å². The number of hydrogen-bond donors (Lipinski definition) is 0. The summed E-state index contributed by atoms with van der Waals surface area (Å²) in [4.78, 5) is 0. The van der Waals surface area contributed by atoms with E-state index in [1.54, 1.807) is 30.3 Å². The van der Waals surface area contributed by atoms with E-state index in [-0.39, 0.29) is 11.5 Å². The fourth-order valence-electron chi connectivity index (χ4n) is 1.04. The first kappa shape index (κ1) is 11.5. The molecule has 15 heavy (non-hydrogen) atoms. The molecule has 0 fully saturated rings. The van der Waals surface area contributed by atoms with Crippen molar-refractivity contribution in [2.24, 2.45) is 0 Å². The van der Waals surface area contributed by atoms with E-state index in [1.807, 2.05) is 0 Å². The van der Waals surface area contributed by atoms with Crippen molar-refractivity contribution in [2.45, 2.75) is 0 Å². The standard InChI is InChI=1S/C11H12O3S/c1-3-9-15(12,13)14-11-8-6-5-7-10(11)4-2/h3-8H,1-2,9H2. The van der Waals surface area contributed by atoms with Gasteiger partial charge in [-0.15, -0.1) is 6.58 Å². The van der Waals surface area contributed by atoms with Crippen LogP contribution in [0, 0.1) is 0 Å². The fourth-order valence-corrected chi connectivity index (χ4v) is 1.82. The van der Waals surface area contributed by atoms with Crippen LogP contribution in [0.4, 0.5) is 0 Å². The quantitative estimate of drug-likeness (QED) is 0.569. The smallest absolute Gasteiger partial charge is 0.312 e. The molecule has 0 radical (unpaired) electrons. The Hall–Kier alpha value is -1.55. The topological polar surface area (TPSA) is 43.4 Å². The van der Waals surface area contributed by atoms with Gasteiger partial charge in [0.15, 0.2) is 0 Å². The van der Waals surface area contributed by atoms with Crippen LogP contribution < -0.4 is 4.18 Å². The van der Waals surface area contributed by atoms with Crippen LogP contribution in [0.25, 0.3) is 6.08 Å². The Kier molecular flexibility index (Phi) is 3.68. The fraction of sp³-hybridized carbons (Fsp3) is 0.0909. The van der Waals surface area contributed by atoms with Crippen molar-refractivity contribution in [3.05, 3.63) is 49.1 Å². The molecule has 0 atom stereocenters. The van der Waals surface area contributed by atoms with E-state index in [2.05, 4.69) is 13.2 Å². The van der Waals surface area contributed by atoms with Crippen molar-refractivity contribution in [3.63, 3.8) is 0 Å². The lowest BCUT2D eigenvalue weighted by atomic mass is 10.2. The Morgan fingerprint density at radius 2 is 1.93 bits per heavy atom. The van der Waals surface area contributed by atoms with Gasteiger partial charge in [-0.25, -0.2) is 0 Å². The Bertz CT molecular complexity index is 460. The summed E-state index contributed by atoms with van der Waals surface area (Å²) in [6, 6.07) is 6.79. The molecule has 0 bridgehead atoms. The molecule has 0 N–H and O–H groups in total. The largest absolute Gasteiger partial charge is 0.382 e. The molecule has 80 valence electrons. The van der Waals surface area contributed by atoms with Crippen molar-refractivity contribution in [3.8, 4) is 5.75 Å². The van der Waals surface area contributed by atoms with Gasteiger partial charge in [-0.05, 0) is 6.07 Å². The van der Waals surface area contributed by atoms with Gasteiger partial charge in [0.2, 0.25) is 0 Å². The van der Waals surface area contributed by atoms with Crippen molar-refractivity contribution in [2.75, 3.05) is 5.75 Å². The molecule has 4 heteroatoms. The summed E-state index contributed by atoms with van der Waals surface area (Å²) in [6.45, 7) is 6.92. The molecule has 1 rings (SSSR count). The maximum absolute atomic E-state index is 11.3. The molecular weight excluding hydrogens is 212 g/mol. The van der Waals surface area contributed by atoms with Gasteiger partial charge in [0, 0.05) is 5.56 Å². The van der Waals surface area contributed by atoms with Crippen LogP contribution in [0.15, 0.2) is 43.5 Å². The first-order valence-corrected chi connectivity index (χ1v) is 5.91. The SMILES string of the molecule is C=CCS(=O)(=O)Oc1ccccc1C=C. The van der Waals surface area contributed by atoms with Gasteiger partial charge in [0.25, 0.3) is 0 Å². The van der Waals surface area contributed by atoms with Gasteiger partial charge in [0.1, 0.15) is 11.5 Å². The van der Waals surface area contributed by atoms with Gasteiger partial charge in [-0.2, -0.15) is 8.42 Å². The van der Waals surface area contributed by atoms with Crippen molar-refractivity contribution in [1.29, 1.82) is 0 Å². The third kappa shape index (κ3) is 3.25. The van der Waals surface area contributed by atoms with Gasteiger partial charge in [-0.1, -0.05) is 36.9 Å². The van der Waals surface area contributed by atoms with Gasteiger partial charge < -0.3 is 4.18 Å². The van der Waals surface area contributed by atoms with E-state index in [9.17, 15) is 8.42 Å². The molecule has 3 nitrogen and oxygen atoms in total. The van der Waals surface area contributed by atoms with Crippen LogP contribution in [0.5, 0.6) is 5.75 Å². The van der Waals surface area contributed by atoms with E-state index in [0.29, 0.717) is 5.56 Å². The predicted octanol–water partition coefficient (Wildman–Crippen LogP) is 2.22. The molecule has 0 amide bonds. The Morgan fingerprint density at radius 3 is 2.53 bits per heavy atom. The second kappa shape index (κ2) is 4.79. The maximum atomic E-state index is 11.3. The summed E-state index contributed by atoms with van der Waals surface area (Å²) in [5, 5.41) is 0. The predicted molar refractivity (Wildman–Crippen MR) is 61.1 cm³/mol. The normalized spacial score (nSPS) is 10.7. The third-order valence-electron chi connectivity index (χ3n) is 1.68. The summed E-state index contributed by atoms with van der Waals surface area (Å²) in [5.41, 5.74) is 0.644. The summed E-state index contributed by atoms with van der Waals surface area (Å²) < 4.78 is 27.6. The van der Waals surface area contributed by atoms with Crippen LogP contribution in [0.2, 0.25) is 0 Å². The molecule has 0 saturated carbocycles. The van der Waals surface area contributed by atoms with Crippen LogP contribution in [-0.4, -0.2) is 14.2 Å². The minimum atomic E-state index is -3.58. The van der Waals surface area contributed by atoms with E-state index in [1.165, 1.54) is 6.08 Å². The zero-order valence-electron chi connectivity index (χ0n) is 8.22.